The van der Waals surface area contributed by atoms with E-state index < -0.39 is 0 Å². The molecule has 134 valence electrons. The largest absolute Gasteiger partial charge is 0.303 e. The minimum atomic E-state index is 0.259. The van der Waals surface area contributed by atoms with Gasteiger partial charge in [0.1, 0.15) is 0 Å². The van der Waals surface area contributed by atoms with Crippen LogP contribution in [0.15, 0.2) is 78.9 Å². The van der Waals surface area contributed by atoms with Gasteiger partial charge in [-0.05, 0) is 40.2 Å². The topological polar surface area (TPSA) is 12.0 Å². The molecule has 0 aliphatic carbocycles. The van der Waals surface area contributed by atoms with Gasteiger partial charge in [-0.15, -0.1) is 9.24 Å². The number of hydrogen-bond acceptors (Lipinski definition) is 1. The van der Waals surface area contributed by atoms with Crippen molar-refractivity contribution in [3.05, 3.63) is 107 Å². The van der Waals surface area contributed by atoms with Crippen LogP contribution in [0.4, 0.5) is 0 Å². The van der Waals surface area contributed by atoms with Crippen molar-refractivity contribution >= 4 is 9.24 Å². The van der Waals surface area contributed by atoms with Gasteiger partial charge < -0.3 is 5.32 Å². The molecular formula is C24H28NP. The number of rotatable bonds is 7. The normalized spacial score (nSPS) is 12.3. The maximum atomic E-state index is 3.56. The molecule has 3 aromatic rings. The van der Waals surface area contributed by atoms with E-state index in [0.29, 0.717) is 5.92 Å². The first-order valence-corrected chi connectivity index (χ1v) is 9.99. The summed E-state index contributed by atoms with van der Waals surface area (Å²) in [6.45, 7) is 5.34. The van der Waals surface area contributed by atoms with E-state index in [-0.39, 0.29) is 5.78 Å². The molecule has 0 spiro atoms. The summed E-state index contributed by atoms with van der Waals surface area (Å²) in [4.78, 5) is 0. The maximum absolute atomic E-state index is 3.56. The second kappa shape index (κ2) is 9.12. The zero-order valence-corrected chi connectivity index (χ0v) is 16.8. The van der Waals surface area contributed by atoms with Crippen molar-refractivity contribution in [3.8, 4) is 0 Å². The Morgan fingerprint density at radius 3 is 1.77 bits per heavy atom. The van der Waals surface area contributed by atoms with Crippen LogP contribution in [0.2, 0.25) is 0 Å². The SMILES string of the molecule is CC(C)c1ccc(Cc2ccc(C(P)NCc3ccccc3)cc2)cc1. The fourth-order valence-corrected chi connectivity index (χ4v) is 3.38. The van der Waals surface area contributed by atoms with Gasteiger partial charge in [0.2, 0.25) is 0 Å². The summed E-state index contributed by atoms with van der Waals surface area (Å²) in [5, 5.41) is 3.56. The number of benzene rings is 3. The van der Waals surface area contributed by atoms with Gasteiger partial charge >= 0.3 is 0 Å². The van der Waals surface area contributed by atoms with Gasteiger partial charge in [0.15, 0.2) is 0 Å². The first-order chi connectivity index (χ1) is 12.6. The lowest BCUT2D eigenvalue weighted by atomic mass is 9.98. The molecule has 0 fully saturated rings. The van der Waals surface area contributed by atoms with Crippen LogP contribution in [0.1, 0.15) is 53.4 Å². The lowest BCUT2D eigenvalue weighted by molar-refractivity contribution is 0.677. The van der Waals surface area contributed by atoms with Crippen molar-refractivity contribution in [2.24, 2.45) is 0 Å². The zero-order valence-electron chi connectivity index (χ0n) is 15.7. The summed E-state index contributed by atoms with van der Waals surface area (Å²) in [5.74, 6) is 0.847. The van der Waals surface area contributed by atoms with E-state index in [1.54, 1.807) is 0 Å². The van der Waals surface area contributed by atoms with Crippen LogP contribution >= 0.6 is 9.24 Å². The third-order valence-electron chi connectivity index (χ3n) is 4.76. The van der Waals surface area contributed by atoms with E-state index in [2.05, 4.69) is 107 Å². The van der Waals surface area contributed by atoms with Gasteiger partial charge in [0.25, 0.3) is 0 Å². The van der Waals surface area contributed by atoms with Gasteiger partial charge in [-0.25, -0.2) is 0 Å². The standard InChI is InChI=1S/C24H28NP/c1-18(2)22-12-8-19(9-13-22)16-20-10-14-23(15-11-20)24(26)25-17-21-6-4-3-5-7-21/h3-15,18,24-25H,16-17,26H2,1-2H3. The molecule has 0 radical (unpaired) electrons. The first-order valence-electron chi connectivity index (χ1n) is 9.32. The summed E-state index contributed by atoms with van der Waals surface area (Å²) in [6.07, 6.45) is 0.984. The highest BCUT2D eigenvalue weighted by Crippen LogP contribution is 2.22. The van der Waals surface area contributed by atoms with E-state index in [1.807, 2.05) is 0 Å². The summed E-state index contributed by atoms with van der Waals surface area (Å²) in [6, 6.07) is 28.5. The first kappa shape index (κ1) is 18.8. The highest BCUT2D eigenvalue weighted by molar-refractivity contribution is 7.17. The highest BCUT2D eigenvalue weighted by Gasteiger charge is 2.06. The third-order valence-corrected chi connectivity index (χ3v) is 5.38. The molecule has 0 aromatic heterocycles. The van der Waals surface area contributed by atoms with E-state index in [1.165, 1.54) is 27.8 Å². The monoisotopic (exact) mass is 361 g/mol. The van der Waals surface area contributed by atoms with Gasteiger partial charge in [-0.2, -0.15) is 0 Å². The summed E-state index contributed by atoms with van der Waals surface area (Å²) < 4.78 is 0. The molecule has 1 nitrogen and oxygen atoms in total. The fourth-order valence-electron chi connectivity index (χ4n) is 3.04. The van der Waals surface area contributed by atoms with Crippen molar-refractivity contribution in [1.82, 2.24) is 5.32 Å². The molecule has 0 aliphatic heterocycles. The fraction of sp³-hybridized carbons (Fsp3) is 0.250. The average Bonchev–Trinajstić information content (AvgIpc) is 2.68. The zero-order chi connectivity index (χ0) is 18.4. The van der Waals surface area contributed by atoms with Crippen molar-refractivity contribution in [2.45, 2.75) is 38.5 Å². The Kier molecular flexibility index (Phi) is 6.61. The number of hydrogen-bond donors (Lipinski definition) is 1. The molecule has 0 saturated carbocycles. The lowest BCUT2D eigenvalue weighted by Gasteiger charge is -2.15. The van der Waals surface area contributed by atoms with Gasteiger partial charge in [0, 0.05) is 12.3 Å². The lowest BCUT2D eigenvalue weighted by Crippen LogP contribution is -2.15. The second-order valence-corrected chi connectivity index (χ2v) is 7.83. The van der Waals surface area contributed by atoms with E-state index in [0.717, 1.165) is 13.0 Å². The Balaban J connectivity index is 1.57. The van der Waals surface area contributed by atoms with Crippen LogP contribution in [0, 0.1) is 0 Å². The Morgan fingerprint density at radius 1 is 0.692 bits per heavy atom. The van der Waals surface area contributed by atoms with Crippen LogP contribution in [0.25, 0.3) is 0 Å². The van der Waals surface area contributed by atoms with Gasteiger partial charge in [0.05, 0.1) is 0 Å². The van der Waals surface area contributed by atoms with Gasteiger partial charge in [-0.1, -0.05) is 92.7 Å². The predicted octanol–water partition coefficient (Wildman–Crippen LogP) is 6.06. The summed E-state index contributed by atoms with van der Waals surface area (Å²) in [5.41, 5.74) is 6.73. The molecule has 0 heterocycles. The van der Waals surface area contributed by atoms with Crippen LogP contribution in [0.5, 0.6) is 0 Å². The molecule has 0 saturated heterocycles. The van der Waals surface area contributed by atoms with E-state index >= 15 is 0 Å². The Bertz CT molecular complexity index is 792. The minimum Gasteiger partial charge on any atom is -0.303 e. The molecule has 1 N–H and O–H groups in total. The van der Waals surface area contributed by atoms with Crippen LogP contribution < -0.4 is 5.32 Å². The highest BCUT2D eigenvalue weighted by atomic mass is 31.0. The van der Waals surface area contributed by atoms with Crippen LogP contribution in [-0.2, 0) is 13.0 Å². The van der Waals surface area contributed by atoms with Crippen molar-refractivity contribution < 1.29 is 0 Å². The average molecular weight is 361 g/mol. The predicted molar refractivity (Wildman–Crippen MR) is 116 cm³/mol. The van der Waals surface area contributed by atoms with Crippen molar-refractivity contribution in [3.63, 3.8) is 0 Å². The smallest absolute Gasteiger partial charge is 0.0466 e. The maximum Gasteiger partial charge on any atom is 0.0466 e. The molecule has 0 bridgehead atoms. The van der Waals surface area contributed by atoms with Crippen molar-refractivity contribution in [2.75, 3.05) is 0 Å². The van der Waals surface area contributed by atoms with Crippen molar-refractivity contribution in [1.29, 1.82) is 0 Å². The molecule has 0 amide bonds. The molecular weight excluding hydrogens is 333 g/mol. The number of nitrogens with one attached hydrogen (secondary N) is 1. The second-order valence-electron chi connectivity index (χ2n) is 7.16. The Morgan fingerprint density at radius 2 is 1.23 bits per heavy atom. The quantitative estimate of drug-likeness (QED) is 0.504. The van der Waals surface area contributed by atoms with E-state index in [4.69, 9.17) is 0 Å². The molecule has 2 unspecified atom stereocenters. The molecule has 2 atom stereocenters. The van der Waals surface area contributed by atoms with Gasteiger partial charge in [-0.3, -0.25) is 0 Å². The summed E-state index contributed by atoms with van der Waals surface area (Å²) >= 11 is 0. The van der Waals surface area contributed by atoms with Crippen LogP contribution in [-0.4, -0.2) is 0 Å². The third kappa shape index (κ3) is 5.27. The van der Waals surface area contributed by atoms with Crippen LogP contribution in [0.3, 0.4) is 0 Å². The van der Waals surface area contributed by atoms with E-state index in [9.17, 15) is 0 Å². The molecule has 26 heavy (non-hydrogen) atoms. The minimum absolute atomic E-state index is 0.259. The molecule has 3 aromatic carbocycles. The summed E-state index contributed by atoms with van der Waals surface area (Å²) in [7, 11) is 2.90. The molecule has 0 aliphatic rings. The molecule has 3 rings (SSSR count). The Labute approximate surface area is 160 Å². The molecule has 2 heteroatoms. The Hall–Kier alpha value is -1.95.